The summed E-state index contributed by atoms with van der Waals surface area (Å²) in [6, 6.07) is 2.00. The van der Waals surface area contributed by atoms with Gasteiger partial charge in [-0.3, -0.25) is 24.6 Å². The molecule has 1 aromatic heterocycles. The number of piperidine rings is 1. The summed E-state index contributed by atoms with van der Waals surface area (Å²) in [5.41, 5.74) is 1.72. The fourth-order valence-corrected chi connectivity index (χ4v) is 4.74. The van der Waals surface area contributed by atoms with Crippen LogP contribution in [-0.4, -0.2) is 64.7 Å². The molecule has 2 aromatic rings. The predicted octanol–water partition coefficient (Wildman–Crippen LogP) is 1.21. The number of imide groups is 1. The Labute approximate surface area is 184 Å². The Balaban J connectivity index is 1.32. The number of hydrogen-bond donors (Lipinski definition) is 1. The van der Waals surface area contributed by atoms with Crippen molar-refractivity contribution in [3.05, 3.63) is 46.9 Å². The number of fused-ring (bicyclic) bond motifs is 1. The van der Waals surface area contributed by atoms with Gasteiger partial charge < -0.3 is 14.2 Å². The van der Waals surface area contributed by atoms with E-state index in [2.05, 4.69) is 20.1 Å². The smallest absolute Gasteiger partial charge is 0.255 e. The third kappa shape index (κ3) is 3.75. The van der Waals surface area contributed by atoms with E-state index in [1.54, 1.807) is 6.20 Å². The molecule has 32 heavy (non-hydrogen) atoms. The van der Waals surface area contributed by atoms with Gasteiger partial charge in [0.25, 0.3) is 5.91 Å². The van der Waals surface area contributed by atoms with Gasteiger partial charge in [-0.2, -0.15) is 0 Å². The summed E-state index contributed by atoms with van der Waals surface area (Å²) in [6.45, 7) is 5.58. The van der Waals surface area contributed by atoms with Crippen molar-refractivity contribution in [1.82, 2.24) is 20.1 Å². The number of oxazole rings is 1. The lowest BCUT2D eigenvalue weighted by Crippen LogP contribution is -2.52. The minimum absolute atomic E-state index is 0.185. The molecular formula is C22H24FN5O4. The van der Waals surface area contributed by atoms with Crippen LogP contribution in [0.25, 0.3) is 0 Å². The molecule has 3 aliphatic heterocycles. The van der Waals surface area contributed by atoms with Gasteiger partial charge in [-0.15, -0.1) is 0 Å². The van der Waals surface area contributed by atoms with E-state index in [9.17, 15) is 18.8 Å². The van der Waals surface area contributed by atoms with Crippen LogP contribution in [0.15, 0.2) is 22.7 Å². The summed E-state index contributed by atoms with van der Waals surface area (Å²) in [4.78, 5) is 46.7. The molecular weight excluding hydrogens is 417 g/mol. The Hall–Kier alpha value is -3.27. The molecule has 9 nitrogen and oxygen atoms in total. The Kier molecular flexibility index (Phi) is 5.16. The maximum absolute atomic E-state index is 14.5. The number of benzene rings is 1. The van der Waals surface area contributed by atoms with Gasteiger partial charge >= 0.3 is 0 Å². The highest BCUT2D eigenvalue weighted by Gasteiger charge is 2.41. The highest BCUT2D eigenvalue weighted by atomic mass is 19.1. The minimum Gasteiger partial charge on any atom is -0.445 e. The maximum atomic E-state index is 14.5. The van der Waals surface area contributed by atoms with Crippen LogP contribution in [-0.2, 0) is 22.7 Å². The van der Waals surface area contributed by atoms with Crippen molar-refractivity contribution in [1.29, 1.82) is 0 Å². The van der Waals surface area contributed by atoms with Crippen molar-refractivity contribution in [2.75, 3.05) is 31.1 Å². The van der Waals surface area contributed by atoms with Crippen molar-refractivity contribution in [3.8, 4) is 0 Å². The lowest BCUT2D eigenvalue weighted by Gasteiger charge is -2.36. The second-order valence-corrected chi connectivity index (χ2v) is 8.46. The summed E-state index contributed by atoms with van der Waals surface area (Å²) in [5.74, 6) is -0.195. The van der Waals surface area contributed by atoms with Gasteiger partial charge in [0, 0.05) is 62.9 Å². The molecule has 10 heteroatoms. The first kappa shape index (κ1) is 20.6. The highest BCUT2D eigenvalue weighted by molar-refractivity contribution is 6.06. The number of piperazine rings is 1. The molecule has 168 valence electrons. The first-order valence-electron chi connectivity index (χ1n) is 10.7. The Morgan fingerprint density at radius 3 is 2.66 bits per heavy atom. The van der Waals surface area contributed by atoms with Crippen molar-refractivity contribution in [2.45, 2.75) is 38.9 Å². The van der Waals surface area contributed by atoms with Gasteiger partial charge in [0.05, 0.1) is 12.7 Å². The summed E-state index contributed by atoms with van der Waals surface area (Å²) >= 11 is 0. The maximum Gasteiger partial charge on any atom is 0.255 e. The van der Waals surface area contributed by atoms with Crippen LogP contribution < -0.4 is 10.2 Å². The van der Waals surface area contributed by atoms with Crippen LogP contribution in [0, 0.1) is 12.7 Å². The SMILES string of the molecule is Cc1ncc(CN2CCN(c3cc(F)cc4c3CN(C3CCC(=O)NC3=O)C4=O)CC2)o1. The van der Waals surface area contributed by atoms with E-state index >= 15 is 0 Å². The third-order valence-corrected chi connectivity index (χ3v) is 6.36. The zero-order valence-electron chi connectivity index (χ0n) is 17.8. The molecule has 1 atom stereocenters. The third-order valence-electron chi connectivity index (χ3n) is 6.36. The summed E-state index contributed by atoms with van der Waals surface area (Å²) in [6.07, 6.45) is 2.20. The fraction of sp³-hybridized carbons (Fsp3) is 0.455. The number of aryl methyl sites for hydroxylation is 1. The molecule has 0 aliphatic carbocycles. The number of nitrogens with zero attached hydrogens (tertiary/aromatic N) is 4. The quantitative estimate of drug-likeness (QED) is 0.712. The highest BCUT2D eigenvalue weighted by Crippen LogP contribution is 2.35. The second kappa shape index (κ2) is 8.01. The molecule has 1 aromatic carbocycles. The van der Waals surface area contributed by atoms with Crippen molar-refractivity contribution < 1.29 is 23.2 Å². The largest absolute Gasteiger partial charge is 0.445 e. The van der Waals surface area contributed by atoms with Crippen LogP contribution in [0.3, 0.4) is 0 Å². The number of aromatic nitrogens is 1. The zero-order valence-corrected chi connectivity index (χ0v) is 17.8. The van der Waals surface area contributed by atoms with E-state index in [0.29, 0.717) is 36.8 Å². The molecule has 0 bridgehead atoms. The number of anilines is 1. The topological polar surface area (TPSA) is 99.0 Å². The number of nitrogens with one attached hydrogen (secondary N) is 1. The Bertz CT molecular complexity index is 1090. The van der Waals surface area contributed by atoms with Crippen LogP contribution in [0.1, 0.15) is 40.4 Å². The molecule has 1 unspecified atom stereocenters. The van der Waals surface area contributed by atoms with Crippen LogP contribution >= 0.6 is 0 Å². The van der Waals surface area contributed by atoms with Crippen molar-refractivity contribution in [2.24, 2.45) is 0 Å². The van der Waals surface area contributed by atoms with E-state index in [1.807, 2.05) is 6.92 Å². The van der Waals surface area contributed by atoms with Gasteiger partial charge in [-0.05, 0) is 18.6 Å². The van der Waals surface area contributed by atoms with E-state index in [-0.39, 0.29) is 31.2 Å². The van der Waals surface area contributed by atoms with Gasteiger partial charge in [-0.25, -0.2) is 9.37 Å². The standard InChI is InChI=1S/C22H24FN5O4/c1-13-24-10-15(32-13)11-26-4-6-27(7-5-26)19-9-14(23)8-16-17(19)12-28(22(16)31)18-2-3-20(29)25-21(18)30/h8-10,18H,2-7,11-12H2,1H3,(H,25,29,30). The monoisotopic (exact) mass is 441 g/mol. The van der Waals surface area contributed by atoms with Gasteiger partial charge in [0.15, 0.2) is 5.89 Å². The Morgan fingerprint density at radius 2 is 1.97 bits per heavy atom. The molecule has 0 saturated carbocycles. The van der Waals surface area contributed by atoms with Gasteiger partial charge in [0.1, 0.15) is 17.6 Å². The molecule has 1 N–H and O–H groups in total. The molecule has 3 amide bonds. The molecule has 0 spiro atoms. The van der Waals surface area contributed by atoms with Crippen LogP contribution in [0.5, 0.6) is 0 Å². The molecule has 4 heterocycles. The summed E-state index contributed by atoms with van der Waals surface area (Å²) in [5, 5.41) is 2.30. The number of carbonyl (C=O) groups excluding carboxylic acids is 3. The summed E-state index contributed by atoms with van der Waals surface area (Å²) < 4.78 is 20.0. The average molecular weight is 441 g/mol. The minimum atomic E-state index is -0.717. The van der Waals surface area contributed by atoms with Crippen molar-refractivity contribution in [3.63, 3.8) is 0 Å². The summed E-state index contributed by atoms with van der Waals surface area (Å²) in [7, 11) is 0. The lowest BCUT2D eigenvalue weighted by atomic mass is 10.0. The van der Waals surface area contributed by atoms with Crippen LogP contribution in [0.2, 0.25) is 0 Å². The predicted molar refractivity (Wildman–Crippen MR) is 111 cm³/mol. The molecule has 2 saturated heterocycles. The van der Waals surface area contributed by atoms with E-state index < -0.39 is 17.8 Å². The number of hydrogen-bond acceptors (Lipinski definition) is 7. The molecule has 5 rings (SSSR count). The van der Waals surface area contributed by atoms with Gasteiger partial charge in [0.2, 0.25) is 11.8 Å². The van der Waals surface area contributed by atoms with Gasteiger partial charge in [-0.1, -0.05) is 0 Å². The molecule has 3 aliphatic rings. The first-order valence-corrected chi connectivity index (χ1v) is 10.7. The normalized spacial score (nSPS) is 21.8. The fourth-order valence-electron chi connectivity index (χ4n) is 4.74. The van der Waals surface area contributed by atoms with Crippen molar-refractivity contribution >= 4 is 23.4 Å². The van der Waals surface area contributed by atoms with Crippen LogP contribution in [0.4, 0.5) is 10.1 Å². The first-order chi connectivity index (χ1) is 15.4. The molecule has 2 fully saturated rings. The number of rotatable bonds is 4. The zero-order chi connectivity index (χ0) is 22.4. The number of carbonyl (C=O) groups is 3. The van der Waals surface area contributed by atoms with E-state index in [1.165, 1.54) is 17.0 Å². The van der Waals surface area contributed by atoms with E-state index in [0.717, 1.165) is 24.4 Å². The number of halogens is 1. The lowest BCUT2D eigenvalue weighted by molar-refractivity contribution is -0.136. The second-order valence-electron chi connectivity index (χ2n) is 8.46. The average Bonchev–Trinajstić information content (AvgIpc) is 3.31. The Morgan fingerprint density at radius 1 is 1.19 bits per heavy atom. The number of amides is 3. The van der Waals surface area contributed by atoms with E-state index in [4.69, 9.17) is 4.42 Å². The molecule has 0 radical (unpaired) electrons.